The van der Waals surface area contributed by atoms with Gasteiger partial charge >= 0.3 is 0 Å². The fourth-order valence-electron chi connectivity index (χ4n) is 3.87. The molecule has 1 N–H and O–H groups in total. The van der Waals surface area contributed by atoms with Crippen LogP contribution in [0.25, 0.3) is 0 Å². The molecule has 1 heterocycles. The van der Waals surface area contributed by atoms with Crippen LogP contribution >= 0.6 is 0 Å². The number of likely N-dealkylation sites (tertiary alicyclic amines) is 1. The number of nitrogens with one attached hydrogen (secondary N) is 1. The first-order valence-corrected chi connectivity index (χ1v) is 9.04. The minimum absolute atomic E-state index is 0.207. The van der Waals surface area contributed by atoms with Crippen molar-refractivity contribution in [2.24, 2.45) is 0 Å². The minimum atomic E-state index is -0.414. The molecule has 2 aromatic rings. The van der Waals surface area contributed by atoms with Gasteiger partial charge < -0.3 is 10.2 Å². The van der Waals surface area contributed by atoms with Gasteiger partial charge in [0.15, 0.2) is 0 Å². The number of carbonyl (C=O) groups is 1. The van der Waals surface area contributed by atoms with Gasteiger partial charge in [-0.05, 0) is 55.5 Å². The van der Waals surface area contributed by atoms with E-state index in [1.165, 1.54) is 12.1 Å². The van der Waals surface area contributed by atoms with Crippen molar-refractivity contribution in [1.82, 2.24) is 4.90 Å². The molecule has 0 bridgehead atoms. The summed E-state index contributed by atoms with van der Waals surface area (Å²) in [6.07, 6.45) is 3.81. The monoisotopic (exact) mass is 338 g/mol. The third-order valence-corrected chi connectivity index (χ3v) is 5.41. The Labute approximate surface area is 147 Å². The Morgan fingerprint density at radius 3 is 2.48 bits per heavy atom. The highest BCUT2D eigenvalue weighted by molar-refractivity contribution is 5.91. The van der Waals surface area contributed by atoms with Crippen LogP contribution in [0.15, 0.2) is 54.6 Å². The van der Waals surface area contributed by atoms with Crippen LogP contribution in [-0.4, -0.2) is 29.9 Å². The Morgan fingerprint density at radius 2 is 1.80 bits per heavy atom. The van der Waals surface area contributed by atoms with Crippen molar-refractivity contribution in [2.45, 2.75) is 37.1 Å². The average molecular weight is 338 g/mol. The third-order valence-electron chi connectivity index (χ3n) is 5.41. The summed E-state index contributed by atoms with van der Waals surface area (Å²) in [4.78, 5) is 15.2. The maximum Gasteiger partial charge on any atom is 0.233 e. The molecule has 1 aliphatic carbocycles. The van der Waals surface area contributed by atoms with Gasteiger partial charge in [0.05, 0.1) is 5.41 Å². The number of rotatable bonds is 4. The van der Waals surface area contributed by atoms with Gasteiger partial charge in [-0.3, -0.25) is 4.79 Å². The predicted molar refractivity (Wildman–Crippen MR) is 97.0 cm³/mol. The van der Waals surface area contributed by atoms with E-state index in [0.29, 0.717) is 0 Å². The second-order valence-electron chi connectivity index (χ2n) is 7.19. The zero-order valence-electron chi connectivity index (χ0n) is 14.2. The first-order valence-electron chi connectivity index (χ1n) is 9.04. The maximum absolute atomic E-state index is 13.2. The lowest BCUT2D eigenvalue weighted by Crippen LogP contribution is -2.48. The second-order valence-corrected chi connectivity index (χ2v) is 7.19. The van der Waals surface area contributed by atoms with Gasteiger partial charge in [0.2, 0.25) is 5.91 Å². The van der Waals surface area contributed by atoms with E-state index in [0.717, 1.165) is 50.0 Å². The molecule has 3 nitrogen and oxygen atoms in total. The largest absolute Gasteiger partial charge is 0.381 e. The molecule has 130 valence electrons. The summed E-state index contributed by atoms with van der Waals surface area (Å²) in [6, 6.07) is 16.9. The molecule has 2 aliphatic rings. The van der Waals surface area contributed by atoms with Crippen molar-refractivity contribution in [3.8, 4) is 0 Å². The number of hydrogen-bond donors (Lipinski definition) is 1. The van der Waals surface area contributed by atoms with Crippen molar-refractivity contribution in [3.63, 3.8) is 0 Å². The molecular weight excluding hydrogens is 315 g/mol. The first-order chi connectivity index (χ1) is 12.2. The molecule has 2 fully saturated rings. The summed E-state index contributed by atoms with van der Waals surface area (Å²) in [5, 5.41) is 3.54. The van der Waals surface area contributed by atoms with Gasteiger partial charge in [0.1, 0.15) is 5.82 Å². The highest BCUT2D eigenvalue weighted by Crippen LogP contribution is 2.49. The summed E-state index contributed by atoms with van der Waals surface area (Å²) in [6.45, 7) is 1.55. The predicted octanol–water partition coefficient (Wildman–Crippen LogP) is 3.96. The first kappa shape index (κ1) is 16.1. The van der Waals surface area contributed by atoms with Crippen LogP contribution < -0.4 is 5.32 Å². The van der Waals surface area contributed by atoms with Crippen LogP contribution in [0.1, 0.15) is 31.2 Å². The number of halogens is 1. The Morgan fingerprint density at radius 1 is 1.08 bits per heavy atom. The van der Waals surface area contributed by atoms with Crippen molar-refractivity contribution in [3.05, 3.63) is 66.0 Å². The molecule has 2 aromatic carbocycles. The van der Waals surface area contributed by atoms with Crippen LogP contribution in [0, 0.1) is 5.82 Å². The molecule has 0 spiro atoms. The standard InChI is InChI=1S/C21H23FN2O/c22-17-10-8-16(9-11-17)21(12-13-21)20(25)24-14-4-7-19(15-24)23-18-5-2-1-3-6-18/h1-3,5-6,8-11,19,23H,4,7,12-15H2. The summed E-state index contributed by atoms with van der Waals surface area (Å²) >= 11 is 0. The number of anilines is 1. The van der Waals surface area contributed by atoms with E-state index in [9.17, 15) is 9.18 Å². The highest BCUT2D eigenvalue weighted by Gasteiger charge is 2.53. The second kappa shape index (κ2) is 6.51. The molecule has 0 aromatic heterocycles. The van der Waals surface area contributed by atoms with Crippen LogP contribution in [0.4, 0.5) is 10.1 Å². The molecule has 25 heavy (non-hydrogen) atoms. The smallest absolute Gasteiger partial charge is 0.233 e. The van der Waals surface area contributed by atoms with Crippen LogP contribution in [0.5, 0.6) is 0 Å². The van der Waals surface area contributed by atoms with E-state index in [1.807, 2.05) is 23.1 Å². The lowest BCUT2D eigenvalue weighted by Gasteiger charge is -2.36. The number of carbonyl (C=O) groups excluding carboxylic acids is 1. The normalized spacial score (nSPS) is 21.6. The van der Waals surface area contributed by atoms with Gasteiger partial charge in [0.25, 0.3) is 0 Å². The Hall–Kier alpha value is -2.36. The molecule has 1 saturated carbocycles. The molecule has 1 amide bonds. The van der Waals surface area contributed by atoms with Crippen LogP contribution in [0.3, 0.4) is 0 Å². The van der Waals surface area contributed by atoms with E-state index >= 15 is 0 Å². The molecule has 0 radical (unpaired) electrons. The third kappa shape index (κ3) is 3.26. The van der Waals surface area contributed by atoms with Gasteiger partial charge in [-0.25, -0.2) is 4.39 Å². The number of nitrogens with zero attached hydrogens (tertiary/aromatic N) is 1. The summed E-state index contributed by atoms with van der Waals surface area (Å²) in [5.74, 6) is -0.0456. The Balaban J connectivity index is 1.46. The molecule has 1 atom stereocenters. The fourth-order valence-corrected chi connectivity index (χ4v) is 3.87. The summed E-state index contributed by atoms with van der Waals surface area (Å²) < 4.78 is 13.2. The van der Waals surface area contributed by atoms with Gasteiger partial charge in [-0.1, -0.05) is 30.3 Å². The molecule has 1 unspecified atom stereocenters. The SMILES string of the molecule is O=C(N1CCCC(Nc2ccccc2)C1)C1(c2ccc(F)cc2)CC1. The number of piperidine rings is 1. The van der Waals surface area contributed by atoms with E-state index in [2.05, 4.69) is 17.4 Å². The number of para-hydroxylation sites is 1. The van der Waals surface area contributed by atoms with Crippen LogP contribution in [-0.2, 0) is 10.2 Å². The average Bonchev–Trinajstić information content (AvgIpc) is 3.45. The zero-order valence-corrected chi connectivity index (χ0v) is 14.2. The Bertz CT molecular complexity index is 740. The van der Waals surface area contributed by atoms with Crippen molar-refractivity contribution in [2.75, 3.05) is 18.4 Å². The summed E-state index contributed by atoms with van der Waals surface area (Å²) in [7, 11) is 0. The lowest BCUT2D eigenvalue weighted by atomic mass is 9.92. The number of benzene rings is 2. The van der Waals surface area contributed by atoms with Crippen molar-refractivity contribution >= 4 is 11.6 Å². The van der Waals surface area contributed by atoms with Gasteiger partial charge in [-0.2, -0.15) is 0 Å². The number of amides is 1. The quantitative estimate of drug-likeness (QED) is 0.915. The topological polar surface area (TPSA) is 32.3 Å². The molecular formula is C21H23FN2O. The Kier molecular flexibility index (Phi) is 4.20. The summed E-state index contributed by atoms with van der Waals surface area (Å²) in [5.41, 5.74) is 1.64. The molecule has 4 rings (SSSR count). The van der Waals surface area contributed by atoms with Gasteiger partial charge in [-0.15, -0.1) is 0 Å². The van der Waals surface area contributed by atoms with E-state index in [4.69, 9.17) is 0 Å². The van der Waals surface area contributed by atoms with E-state index in [1.54, 1.807) is 12.1 Å². The highest BCUT2D eigenvalue weighted by atomic mass is 19.1. The minimum Gasteiger partial charge on any atom is -0.381 e. The zero-order chi connectivity index (χ0) is 17.3. The lowest BCUT2D eigenvalue weighted by molar-refractivity contribution is -0.135. The van der Waals surface area contributed by atoms with Crippen molar-refractivity contribution < 1.29 is 9.18 Å². The van der Waals surface area contributed by atoms with E-state index in [-0.39, 0.29) is 17.8 Å². The molecule has 4 heteroatoms. The number of hydrogen-bond acceptors (Lipinski definition) is 2. The fraction of sp³-hybridized carbons (Fsp3) is 0.381. The molecule has 1 saturated heterocycles. The molecule has 1 aliphatic heterocycles. The van der Waals surface area contributed by atoms with Gasteiger partial charge in [0, 0.05) is 24.8 Å². The maximum atomic E-state index is 13.2. The van der Waals surface area contributed by atoms with Crippen LogP contribution in [0.2, 0.25) is 0 Å². The van der Waals surface area contributed by atoms with E-state index < -0.39 is 5.41 Å². The van der Waals surface area contributed by atoms with Crippen molar-refractivity contribution in [1.29, 1.82) is 0 Å².